The molecule has 1 aliphatic carbocycles. The zero-order chi connectivity index (χ0) is 15.9. The molecule has 0 unspecified atom stereocenters. The van der Waals surface area contributed by atoms with Crippen LogP contribution in [0, 0.1) is 0 Å². The average Bonchev–Trinajstić information content (AvgIpc) is 2.51. The molecule has 7 heteroatoms. The van der Waals surface area contributed by atoms with E-state index in [9.17, 15) is 5.11 Å². The number of benzene rings is 1. The quantitative estimate of drug-likeness (QED) is 0.421. The summed E-state index contributed by atoms with van der Waals surface area (Å²) in [6.07, 6.45) is 7.77. The summed E-state index contributed by atoms with van der Waals surface area (Å²) in [7, 11) is 1.50. The Kier molecular flexibility index (Phi) is 6.45. The van der Waals surface area contributed by atoms with Crippen molar-refractivity contribution >= 4 is 39.5 Å². The molecule has 0 saturated heterocycles. The van der Waals surface area contributed by atoms with Crippen molar-refractivity contribution in [3.8, 4) is 11.5 Å². The molecule has 1 saturated carbocycles. The van der Waals surface area contributed by atoms with Gasteiger partial charge in [0.1, 0.15) is 0 Å². The number of hydrogen-bond donors (Lipinski definition) is 3. The molecule has 3 N–H and O–H groups in total. The lowest BCUT2D eigenvalue weighted by atomic mass is 9.96. The number of halogens is 1. The van der Waals surface area contributed by atoms with Crippen molar-refractivity contribution < 1.29 is 9.84 Å². The SMILES string of the molecule is COc1cc(/C=N/NC(=S)NC2CCCCC2)cc(Br)c1O. The number of nitrogens with one attached hydrogen (secondary N) is 2. The maximum atomic E-state index is 9.76. The molecule has 2 rings (SSSR count). The standard InChI is InChI=1S/C15H20BrN3O2S/c1-21-13-8-10(7-12(16)14(13)20)9-17-19-15(22)18-11-5-3-2-4-6-11/h7-9,11,20H,2-6H2,1H3,(H2,18,19,22)/b17-9+. The third-order valence-electron chi connectivity index (χ3n) is 3.59. The number of hydrazone groups is 1. The van der Waals surface area contributed by atoms with E-state index in [-0.39, 0.29) is 5.75 Å². The van der Waals surface area contributed by atoms with E-state index in [0.717, 1.165) is 18.4 Å². The molecule has 1 fully saturated rings. The molecular weight excluding hydrogens is 366 g/mol. The highest BCUT2D eigenvalue weighted by atomic mass is 79.9. The Labute approximate surface area is 144 Å². The predicted octanol–water partition coefficient (Wildman–Crippen LogP) is 3.29. The number of methoxy groups -OCH3 is 1. The molecular formula is C15H20BrN3O2S. The normalized spacial score (nSPS) is 15.7. The lowest BCUT2D eigenvalue weighted by Gasteiger charge is -2.23. The van der Waals surface area contributed by atoms with Gasteiger partial charge >= 0.3 is 0 Å². The zero-order valence-corrected chi connectivity index (χ0v) is 14.8. The fourth-order valence-electron chi connectivity index (χ4n) is 2.45. The second kappa shape index (κ2) is 8.33. The summed E-state index contributed by atoms with van der Waals surface area (Å²) in [6, 6.07) is 3.90. The lowest BCUT2D eigenvalue weighted by Crippen LogP contribution is -2.40. The summed E-state index contributed by atoms with van der Waals surface area (Å²) < 4.78 is 5.65. The van der Waals surface area contributed by atoms with Crippen molar-refractivity contribution in [3.63, 3.8) is 0 Å². The van der Waals surface area contributed by atoms with Gasteiger partial charge in [0, 0.05) is 6.04 Å². The molecule has 1 aliphatic rings. The van der Waals surface area contributed by atoms with Gasteiger partial charge in [0.05, 0.1) is 17.8 Å². The highest BCUT2D eigenvalue weighted by Crippen LogP contribution is 2.34. The maximum absolute atomic E-state index is 9.76. The highest BCUT2D eigenvalue weighted by molar-refractivity contribution is 9.10. The van der Waals surface area contributed by atoms with Crippen LogP contribution in [0.3, 0.4) is 0 Å². The van der Waals surface area contributed by atoms with E-state index in [1.165, 1.54) is 26.4 Å². The van der Waals surface area contributed by atoms with E-state index < -0.39 is 0 Å². The van der Waals surface area contributed by atoms with Crippen molar-refractivity contribution in [2.45, 2.75) is 38.1 Å². The van der Waals surface area contributed by atoms with Crippen molar-refractivity contribution in [1.82, 2.24) is 10.7 Å². The largest absolute Gasteiger partial charge is 0.503 e. The van der Waals surface area contributed by atoms with Gasteiger partial charge in [-0.2, -0.15) is 5.10 Å². The number of ether oxygens (including phenoxy) is 1. The molecule has 0 bridgehead atoms. The van der Waals surface area contributed by atoms with E-state index in [0.29, 0.717) is 21.4 Å². The molecule has 0 amide bonds. The lowest BCUT2D eigenvalue weighted by molar-refractivity contribution is 0.372. The van der Waals surface area contributed by atoms with E-state index in [1.807, 2.05) is 0 Å². The van der Waals surface area contributed by atoms with Gasteiger partial charge in [-0.25, -0.2) is 0 Å². The van der Waals surface area contributed by atoms with Crippen molar-refractivity contribution in [3.05, 3.63) is 22.2 Å². The van der Waals surface area contributed by atoms with E-state index >= 15 is 0 Å². The Morgan fingerprint density at radius 1 is 1.41 bits per heavy atom. The molecule has 0 heterocycles. The first-order valence-electron chi connectivity index (χ1n) is 7.26. The number of hydrogen-bond acceptors (Lipinski definition) is 4. The van der Waals surface area contributed by atoms with Crippen molar-refractivity contribution in [2.75, 3.05) is 7.11 Å². The Morgan fingerprint density at radius 3 is 2.82 bits per heavy atom. The van der Waals surface area contributed by atoms with E-state index in [4.69, 9.17) is 17.0 Å². The smallest absolute Gasteiger partial charge is 0.187 e. The first kappa shape index (κ1) is 17.0. The fourth-order valence-corrected chi connectivity index (χ4v) is 3.13. The average molecular weight is 386 g/mol. The molecule has 0 aliphatic heterocycles. The van der Waals surface area contributed by atoms with Crippen LogP contribution in [0.15, 0.2) is 21.7 Å². The fraction of sp³-hybridized carbons (Fsp3) is 0.467. The van der Waals surface area contributed by atoms with Gasteiger partial charge in [-0.05, 0) is 58.7 Å². The Morgan fingerprint density at radius 2 is 2.14 bits per heavy atom. The molecule has 120 valence electrons. The number of nitrogens with zero attached hydrogens (tertiary/aromatic N) is 1. The van der Waals surface area contributed by atoms with Gasteiger partial charge in [-0.15, -0.1) is 0 Å². The van der Waals surface area contributed by atoms with Gasteiger partial charge in [-0.1, -0.05) is 19.3 Å². The molecule has 1 aromatic rings. The van der Waals surface area contributed by atoms with Crippen LogP contribution in [0.1, 0.15) is 37.7 Å². The molecule has 0 aromatic heterocycles. The van der Waals surface area contributed by atoms with E-state index in [2.05, 4.69) is 31.8 Å². The van der Waals surface area contributed by atoms with Gasteiger partial charge in [0.25, 0.3) is 0 Å². The van der Waals surface area contributed by atoms with E-state index in [1.54, 1.807) is 18.3 Å². The number of thiocarbonyl (C=S) groups is 1. The number of phenols is 1. The Hall–Kier alpha value is -1.34. The summed E-state index contributed by atoms with van der Waals surface area (Å²) in [6.45, 7) is 0. The molecule has 0 radical (unpaired) electrons. The minimum atomic E-state index is 0.0714. The number of rotatable bonds is 4. The van der Waals surface area contributed by atoms with Crippen molar-refractivity contribution in [2.24, 2.45) is 5.10 Å². The Bertz CT molecular complexity index is 560. The molecule has 0 spiro atoms. The van der Waals surface area contributed by atoms with Crippen LogP contribution in [0.2, 0.25) is 0 Å². The summed E-state index contributed by atoms with van der Waals surface area (Å²) in [4.78, 5) is 0. The summed E-state index contributed by atoms with van der Waals surface area (Å²) in [5.74, 6) is 0.459. The third kappa shape index (κ3) is 4.84. The van der Waals surface area contributed by atoms with Crippen LogP contribution in [-0.4, -0.2) is 29.6 Å². The van der Waals surface area contributed by atoms with Crippen molar-refractivity contribution in [1.29, 1.82) is 0 Å². The second-order valence-electron chi connectivity index (χ2n) is 5.23. The number of aromatic hydroxyl groups is 1. The second-order valence-corrected chi connectivity index (χ2v) is 6.49. The maximum Gasteiger partial charge on any atom is 0.187 e. The highest BCUT2D eigenvalue weighted by Gasteiger charge is 2.13. The zero-order valence-electron chi connectivity index (χ0n) is 12.4. The van der Waals surface area contributed by atoms with Gasteiger partial charge in [-0.3, -0.25) is 5.43 Å². The molecule has 0 atom stereocenters. The first-order chi connectivity index (χ1) is 10.6. The summed E-state index contributed by atoms with van der Waals surface area (Å²) >= 11 is 8.51. The van der Waals surface area contributed by atoms with Crippen LogP contribution >= 0.6 is 28.1 Å². The van der Waals surface area contributed by atoms with Crippen LogP contribution in [0.5, 0.6) is 11.5 Å². The minimum absolute atomic E-state index is 0.0714. The predicted molar refractivity (Wildman–Crippen MR) is 95.7 cm³/mol. The van der Waals surface area contributed by atoms with Crippen LogP contribution in [-0.2, 0) is 0 Å². The van der Waals surface area contributed by atoms with Crippen LogP contribution < -0.4 is 15.5 Å². The van der Waals surface area contributed by atoms with Gasteiger partial charge < -0.3 is 15.2 Å². The van der Waals surface area contributed by atoms with Gasteiger partial charge in [0.15, 0.2) is 16.6 Å². The molecule has 1 aromatic carbocycles. The first-order valence-corrected chi connectivity index (χ1v) is 8.46. The summed E-state index contributed by atoms with van der Waals surface area (Å²) in [5, 5.41) is 17.7. The topological polar surface area (TPSA) is 65.9 Å². The summed E-state index contributed by atoms with van der Waals surface area (Å²) in [5.41, 5.74) is 3.61. The molecule has 22 heavy (non-hydrogen) atoms. The van der Waals surface area contributed by atoms with Gasteiger partial charge in [0.2, 0.25) is 0 Å². The van der Waals surface area contributed by atoms with Crippen LogP contribution in [0.25, 0.3) is 0 Å². The minimum Gasteiger partial charge on any atom is -0.503 e. The number of phenolic OH excluding ortho intramolecular Hbond substituents is 1. The Balaban J connectivity index is 1.89. The third-order valence-corrected chi connectivity index (χ3v) is 4.40. The monoisotopic (exact) mass is 385 g/mol. The molecule has 5 nitrogen and oxygen atoms in total. The van der Waals surface area contributed by atoms with Crippen LogP contribution in [0.4, 0.5) is 0 Å².